The lowest BCUT2D eigenvalue weighted by Crippen LogP contribution is -2.04. The maximum Gasteiger partial charge on any atom is 0.241 e. The minimum Gasteiger partial charge on any atom is -0.366 e. The first-order chi connectivity index (χ1) is 7.25. The lowest BCUT2D eigenvalue weighted by Gasteiger charge is -1.98. The van der Waals surface area contributed by atoms with Crippen LogP contribution >= 0.6 is 0 Å². The van der Waals surface area contributed by atoms with Gasteiger partial charge in [0.05, 0.1) is 0 Å². The van der Waals surface area contributed by atoms with Crippen molar-refractivity contribution >= 4 is 22.8 Å². The first-order valence-electron chi connectivity index (χ1n) is 4.72. The molecule has 0 aliphatic rings. The number of carbonyl (C=O) groups excluding carboxylic acids is 1. The zero-order valence-electron chi connectivity index (χ0n) is 8.18. The van der Waals surface area contributed by atoms with Crippen LogP contribution < -0.4 is 5.73 Å². The summed E-state index contributed by atoms with van der Waals surface area (Å²) in [7, 11) is 0. The van der Waals surface area contributed by atoms with E-state index < -0.39 is 5.91 Å². The van der Waals surface area contributed by atoms with Gasteiger partial charge in [0.1, 0.15) is 0 Å². The van der Waals surface area contributed by atoms with E-state index in [1.807, 2.05) is 36.4 Å². The number of primary amides is 1. The summed E-state index contributed by atoms with van der Waals surface area (Å²) < 4.78 is 0. The second-order valence-electron chi connectivity index (χ2n) is 3.34. The largest absolute Gasteiger partial charge is 0.366 e. The third-order valence-corrected chi connectivity index (χ3v) is 2.21. The molecule has 0 radical (unpaired) electrons. The van der Waals surface area contributed by atoms with Gasteiger partial charge in [0.25, 0.3) is 0 Å². The van der Waals surface area contributed by atoms with Gasteiger partial charge >= 0.3 is 0 Å². The maximum atomic E-state index is 10.6. The lowest BCUT2D eigenvalue weighted by atomic mass is 10.1. The number of nitrogens with two attached hydrogens (primary N) is 1. The van der Waals surface area contributed by atoms with Crippen LogP contribution in [0.1, 0.15) is 5.56 Å². The monoisotopic (exact) mass is 197 g/mol. The molecule has 0 aliphatic carbocycles. The van der Waals surface area contributed by atoms with Crippen molar-refractivity contribution in [3.8, 4) is 0 Å². The fraction of sp³-hybridized carbons (Fsp3) is 0. The Hall–Kier alpha value is -2.09. The minimum atomic E-state index is -0.428. The molecule has 0 aliphatic heterocycles. The van der Waals surface area contributed by atoms with Crippen molar-refractivity contribution in [3.63, 3.8) is 0 Å². The molecular weight excluding hydrogens is 186 g/mol. The van der Waals surface area contributed by atoms with E-state index in [0.29, 0.717) is 0 Å². The van der Waals surface area contributed by atoms with Crippen molar-refractivity contribution in [1.29, 1.82) is 0 Å². The molecule has 0 aromatic heterocycles. The van der Waals surface area contributed by atoms with E-state index in [0.717, 1.165) is 10.9 Å². The Morgan fingerprint density at radius 3 is 2.53 bits per heavy atom. The second-order valence-corrected chi connectivity index (χ2v) is 3.34. The molecule has 0 spiro atoms. The predicted molar refractivity (Wildman–Crippen MR) is 62.2 cm³/mol. The summed E-state index contributed by atoms with van der Waals surface area (Å²) in [6, 6.07) is 14.1. The summed E-state index contributed by atoms with van der Waals surface area (Å²) in [6.07, 6.45) is 3.08. The van der Waals surface area contributed by atoms with Crippen LogP contribution in [-0.2, 0) is 4.79 Å². The molecular formula is C13H11NO. The third-order valence-electron chi connectivity index (χ3n) is 2.21. The Bertz CT molecular complexity index is 529. The number of hydrogen-bond acceptors (Lipinski definition) is 1. The van der Waals surface area contributed by atoms with E-state index in [2.05, 4.69) is 6.07 Å². The fourth-order valence-electron chi connectivity index (χ4n) is 1.49. The number of benzene rings is 2. The summed E-state index contributed by atoms with van der Waals surface area (Å²) in [4.78, 5) is 10.6. The van der Waals surface area contributed by atoms with E-state index in [4.69, 9.17) is 5.73 Å². The Morgan fingerprint density at radius 1 is 1.07 bits per heavy atom. The van der Waals surface area contributed by atoms with Crippen LogP contribution in [-0.4, -0.2) is 5.91 Å². The Kier molecular flexibility index (Phi) is 2.50. The van der Waals surface area contributed by atoms with Gasteiger partial charge in [0, 0.05) is 6.08 Å². The normalized spacial score (nSPS) is 10.9. The molecule has 2 N–H and O–H groups in total. The number of amides is 1. The molecule has 2 nitrogen and oxygen atoms in total. The first-order valence-corrected chi connectivity index (χ1v) is 4.72. The van der Waals surface area contributed by atoms with Gasteiger partial charge in [0.15, 0.2) is 0 Å². The number of carbonyl (C=O) groups is 1. The molecule has 74 valence electrons. The molecule has 2 aromatic rings. The maximum absolute atomic E-state index is 10.6. The van der Waals surface area contributed by atoms with Crippen LogP contribution in [0.25, 0.3) is 16.8 Å². The van der Waals surface area contributed by atoms with Crippen molar-refractivity contribution in [1.82, 2.24) is 0 Å². The summed E-state index contributed by atoms with van der Waals surface area (Å²) in [6.45, 7) is 0. The van der Waals surface area contributed by atoms with Crippen LogP contribution in [0.4, 0.5) is 0 Å². The van der Waals surface area contributed by atoms with Gasteiger partial charge in [-0.05, 0) is 28.5 Å². The summed E-state index contributed by atoms with van der Waals surface area (Å²) in [5.74, 6) is -0.428. The van der Waals surface area contributed by atoms with Crippen molar-refractivity contribution in [2.75, 3.05) is 0 Å². The number of fused-ring (bicyclic) bond motifs is 1. The van der Waals surface area contributed by atoms with Gasteiger partial charge in [-0.3, -0.25) is 4.79 Å². The average Bonchev–Trinajstić information content (AvgIpc) is 2.26. The molecule has 1 amide bonds. The van der Waals surface area contributed by atoms with E-state index in [1.54, 1.807) is 6.08 Å². The number of hydrogen-bond donors (Lipinski definition) is 1. The van der Waals surface area contributed by atoms with E-state index >= 15 is 0 Å². The molecule has 0 fully saturated rings. The number of rotatable bonds is 2. The molecule has 0 heterocycles. The SMILES string of the molecule is NC(=O)/C=C/c1ccc2ccccc2c1. The molecule has 0 saturated carbocycles. The molecule has 2 heteroatoms. The highest BCUT2D eigenvalue weighted by atomic mass is 16.1. The van der Waals surface area contributed by atoms with Crippen LogP contribution in [0.2, 0.25) is 0 Å². The zero-order chi connectivity index (χ0) is 10.7. The highest BCUT2D eigenvalue weighted by Gasteiger charge is 1.93. The smallest absolute Gasteiger partial charge is 0.241 e. The molecule has 0 atom stereocenters. The third kappa shape index (κ3) is 2.23. The van der Waals surface area contributed by atoms with Gasteiger partial charge in [-0.1, -0.05) is 36.4 Å². The Labute approximate surface area is 88.0 Å². The predicted octanol–water partition coefficient (Wildman–Crippen LogP) is 2.34. The highest BCUT2D eigenvalue weighted by Crippen LogP contribution is 2.16. The second kappa shape index (κ2) is 3.96. The molecule has 15 heavy (non-hydrogen) atoms. The lowest BCUT2D eigenvalue weighted by molar-refractivity contribution is -0.113. The first kappa shape index (κ1) is 9.46. The molecule has 2 rings (SSSR count). The van der Waals surface area contributed by atoms with Crippen LogP contribution in [0, 0.1) is 0 Å². The van der Waals surface area contributed by atoms with Gasteiger partial charge in [-0.15, -0.1) is 0 Å². The average molecular weight is 197 g/mol. The van der Waals surface area contributed by atoms with Crippen LogP contribution in [0.3, 0.4) is 0 Å². The summed E-state index contributed by atoms with van der Waals surface area (Å²) in [5, 5.41) is 2.35. The summed E-state index contributed by atoms with van der Waals surface area (Å²) in [5.41, 5.74) is 6.01. The summed E-state index contributed by atoms with van der Waals surface area (Å²) >= 11 is 0. The molecule has 0 saturated heterocycles. The van der Waals surface area contributed by atoms with Crippen molar-refractivity contribution < 1.29 is 4.79 Å². The molecule has 0 unspecified atom stereocenters. The Balaban J connectivity index is 2.43. The topological polar surface area (TPSA) is 43.1 Å². The van der Waals surface area contributed by atoms with E-state index in [1.165, 1.54) is 11.5 Å². The zero-order valence-corrected chi connectivity index (χ0v) is 8.18. The van der Waals surface area contributed by atoms with Gasteiger partial charge in [-0.2, -0.15) is 0 Å². The van der Waals surface area contributed by atoms with Crippen LogP contribution in [0.15, 0.2) is 48.5 Å². The van der Waals surface area contributed by atoms with E-state index in [9.17, 15) is 4.79 Å². The van der Waals surface area contributed by atoms with Gasteiger partial charge in [0.2, 0.25) is 5.91 Å². The van der Waals surface area contributed by atoms with E-state index in [-0.39, 0.29) is 0 Å². The van der Waals surface area contributed by atoms with Crippen molar-refractivity contribution in [2.24, 2.45) is 5.73 Å². The van der Waals surface area contributed by atoms with Crippen LogP contribution in [0.5, 0.6) is 0 Å². The van der Waals surface area contributed by atoms with Crippen molar-refractivity contribution in [2.45, 2.75) is 0 Å². The highest BCUT2D eigenvalue weighted by molar-refractivity contribution is 5.91. The van der Waals surface area contributed by atoms with Crippen molar-refractivity contribution in [3.05, 3.63) is 54.1 Å². The standard InChI is InChI=1S/C13H11NO/c14-13(15)8-6-10-5-7-11-3-1-2-4-12(11)9-10/h1-9H,(H2,14,15)/b8-6+. The minimum absolute atomic E-state index is 0.428. The molecule has 2 aromatic carbocycles. The fourth-order valence-corrected chi connectivity index (χ4v) is 1.49. The van der Waals surface area contributed by atoms with Gasteiger partial charge in [-0.25, -0.2) is 0 Å². The quantitative estimate of drug-likeness (QED) is 0.738. The van der Waals surface area contributed by atoms with Gasteiger partial charge < -0.3 is 5.73 Å². The Morgan fingerprint density at radius 2 is 1.80 bits per heavy atom. The molecule has 0 bridgehead atoms.